The van der Waals surface area contributed by atoms with Crippen molar-refractivity contribution in [3.05, 3.63) is 66.1 Å². The summed E-state index contributed by atoms with van der Waals surface area (Å²) < 4.78 is 11.4. The van der Waals surface area contributed by atoms with E-state index in [-0.39, 0.29) is 0 Å². The third-order valence-corrected chi connectivity index (χ3v) is 3.10. The molecule has 2 aromatic carbocycles. The van der Waals surface area contributed by atoms with E-state index in [1.54, 1.807) is 0 Å². The van der Waals surface area contributed by atoms with E-state index in [0.29, 0.717) is 18.4 Å². The Hall–Kier alpha value is -2.62. The zero-order chi connectivity index (χ0) is 14.5. The highest BCUT2D eigenvalue weighted by atomic mass is 16.5. The average Bonchev–Trinajstić information content (AvgIpc) is 3.03. The van der Waals surface area contributed by atoms with Gasteiger partial charge in [0.1, 0.15) is 12.4 Å². The summed E-state index contributed by atoms with van der Waals surface area (Å²) in [4.78, 5) is 0. The van der Waals surface area contributed by atoms with Crippen molar-refractivity contribution >= 4 is 0 Å². The molecule has 0 saturated heterocycles. The number of benzene rings is 2. The quantitative estimate of drug-likeness (QED) is 0.711. The van der Waals surface area contributed by atoms with E-state index < -0.39 is 0 Å². The Bertz CT molecular complexity index is 708. The summed E-state index contributed by atoms with van der Waals surface area (Å²) in [5, 5.41) is 8.02. The van der Waals surface area contributed by atoms with Gasteiger partial charge in [0, 0.05) is 12.0 Å². The lowest BCUT2D eigenvalue weighted by atomic mass is 10.2. The van der Waals surface area contributed by atoms with Gasteiger partial charge in [-0.1, -0.05) is 43.3 Å². The Morgan fingerprint density at radius 2 is 1.86 bits per heavy atom. The molecular weight excluding hydrogens is 264 g/mol. The zero-order valence-corrected chi connectivity index (χ0v) is 11.8. The van der Waals surface area contributed by atoms with Gasteiger partial charge in [0.05, 0.1) is 0 Å². The van der Waals surface area contributed by atoms with Crippen LogP contribution in [0.4, 0.5) is 0 Å². The topological polar surface area (TPSA) is 48.2 Å². The molecule has 0 atom stereocenters. The molecule has 0 spiro atoms. The lowest BCUT2D eigenvalue weighted by Gasteiger charge is -2.06. The summed E-state index contributed by atoms with van der Waals surface area (Å²) >= 11 is 0. The molecule has 0 bridgehead atoms. The molecule has 0 aliphatic heterocycles. The second-order valence-corrected chi connectivity index (χ2v) is 4.66. The first-order valence-electron chi connectivity index (χ1n) is 6.94. The highest BCUT2D eigenvalue weighted by molar-refractivity contribution is 5.55. The summed E-state index contributed by atoms with van der Waals surface area (Å²) in [6.45, 7) is 2.52. The molecule has 3 rings (SSSR count). The van der Waals surface area contributed by atoms with Gasteiger partial charge >= 0.3 is 0 Å². The highest BCUT2D eigenvalue weighted by Gasteiger charge is 2.08. The normalized spacial score (nSPS) is 10.5. The van der Waals surface area contributed by atoms with Crippen LogP contribution in [0.15, 0.2) is 59.0 Å². The van der Waals surface area contributed by atoms with Gasteiger partial charge in [-0.2, -0.15) is 0 Å². The number of aryl methyl sites for hydroxylation is 1. The minimum Gasteiger partial charge on any atom is -0.489 e. The van der Waals surface area contributed by atoms with Crippen molar-refractivity contribution in [1.29, 1.82) is 0 Å². The molecule has 0 N–H and O–H groups in total. The van der Waals surface area contributed by atoms with Crippen LogP contribution in [0.3, 0.4) is 0 Å². The molecule has 1 heterocycles. The fourth-order valence-electron chi connectivity index (χ4n) is 1.97. The van der Waals surface area contributed by atoms with Gasteiger partial charge in [0.2, 0.25) is 11.8 Å². The van der Waals surface area contributed by atoms with Crippen LogP contribution >= 0.6 is 0 Å². The smallest absolute Gasteiger partial charge is 0.247 e. The van der Waals surface area contributed by atoms with Crippen molar-refractivity contribution in [2.24, 2.45) is 0 Å². The molecular formula is C17H16N2O2. The summed E-state index contributed by atoms with van der Waals surface area (Å²) in [6, 6.07) is 17.8. The molecule has 106 valence electrons. The van der Waals surface area contributed by atoms with Gasteiger partial charge in [-0.05, 0) is 23.8 Å². The molecule has 4 heteroatoms. The van der Waals surface area contributed by atoms with Gasteiger partial charge in [0.15, 0.2) is 0 Å². The summed E-state index contributed by atoms with van der Waals surface area (Å²) in [6.07, 6.45) is 0.733. The predicted molar refractivity (Wildman–Crippen MR) is 79.9 cm³/mol. The van der Waals surface area contributed by atoms with Crippen LogP contribution in [0.5, 0.6) is 5.75 Å². The molecule has 0 radical (unpaired) electrons. The molecule has 21 heavy (non-hydrogen) atoms. The van der Waals surface area contributed by atoms with E-state index in [1.165, 1.54) is 0 Å². The Morgan fingerprint density at radius 3 is 2.62 bits per heavy atom. The minimum atomic E-state index is 0.525. The lowest BCUT2D eigenvalue weighted by molar-refractivity contribution is 0.306. The Balaban J connectivity index is 1.74. The van der Waals surface area contributed by atoms with Crippen LogP contribution in [-0.2, 0) is 13.0 Å². The van der Waals surface area contributed by atoms with Crippen LogP contribution in [0, 0.1) is 0 Å². The van der Waals surface area contributed by atoms with Crippen LogP contribution < -0.4 is 4.74 Å². The highest BCUT2D eigenvalue weighted by Crippen LogP contribution is 2.23. The monoisotopic (exact) mass is 280 g/mol. The molecule has 3 aromatic rings. The van der Waals surface area contributed by atoms with Crippen LogP contribution in [0.1, 0.15) is 18.4 Å². The van der Waals surface area contributed by atoms with E-state index in [1.807, 2.05) is 61.5 Å². The van der Waals surface area contributed by atoms with Crippen molar-refractivity contribution in [3.63, 3.8) is 0 Å². The Labute approximate surface area is 123 Å². The SMILES string of the molecule is CCc1nnc(-c2cccc(OCc3ccccc3)c2)o1. The van der Waals surface area contributed by atoms with Crippen LogP contribution in [0.2, 0.25) is 0 Å². The molecule has 1 aromatic heterocycles. The number of aromatic nitrogens is 2. The van der Waals surface area contributed by atoms with E-state index in [2.05, 4.69) is 10.2 Å². The molecule has 0 unspecified atom stereocenters. The second-order valence-electron chi connectivity index (χ2n) is 4.66. The van der Waals surface area contributed by atoms with Gasteiger partial charge in [0.25, 0.3) is 0 Å². The maximum Gasteiger partial charge on any atom is 0.247 e. The number of hydrogen-bond donors (Lipinski definition) is 0. The van der Waals surface area contributed by atoms with Gasteiger partial charge in [-0.25, -0.2) is 0 Å². The third-order valence-electron chi connectivity index (χ3n) is 3.10. The average molecular weight is 280 g/mol. The van der Waals surface area contributed by atoms with Crippen molar-refractivity contribution in [2.75, 3.05) is 0 Å². The van der Waals surface area contributed by atoms with Crippen LogP contribution in [0.25, 0.3) is 11.5 Å². The number of hydrogen-bond acceptors (Lipinski definition) is 4. The maximum atomic E-state index is 5.80. The van der Waals surface area contributed by atoms with Crippen LogP contribution in [-0.4, -0.2) is 10.2 Å². The minimum absolute atomic E-state index is 0.525. The maximum absolute atomic E-state index is 5.80. The number of ether oxygens (including phenoxy) is 1. The predicted octanol–water partition coefficient (Wildman–Crippen LogP) is 3.88. The largest absolute Gasteiger partial charge is 0.489 e. The molecule has 4 nitrogen and oxygen atoms in total. The van der Waals surface area contributed by atoms with Crippen molar-refractivity contribution in [3.8, 4) is 17.2 Å². The molecule has 0 aliphatic rings. The first-order valence-corrected chi connectivity index (χ1v) is 6.94. The summed E-state index contributed by atoms with van der Waals surface area (Å²) in [5.41, 5.74) is 2.00. The fraction of sp³-hybridized carbons (Fsp3) is 0.176. The number of nitrogens with zero attached hydrogens (tertiary/aromatic N) is 2. The first kappa shape index (κ1) is 13.4. The van der Waals surface area contributed by atoms with Crippen molar-refractivity contribution < 1.29 is 9.15 Å². The lowest BCUT2D eigenvalue weighted by Crippen LogP contribution is -1.95. The Kier molecular flexibility index (Phi) is 3.96. The molecule has 0 saturated carbocycles. The molecule has 0 aliphatic carbocycles. The van der Waals surface area contributed by atoms with E-state index >= 15 is 0 Å². The van der Waals surface area contributed by atoms with Gasteiger partial charge in [-0.3, -0.25) is 0 Å². The van der Waals surface area contributed by atoms with E-state index in [4.69, 9.17) is 9.15 Å². The third kappa shape index (κ3) is 3.28. The Morgan fingerprint density at radius 1 is 1.00 bits per heavy atom. The van der Waals surface area contributed by atoms with E-state index in [9.17, 15) is 0 Å². The fourth-order valence-corrected chi connectivity index (χ4v) is 1.97. The standard InChI is InChI=1S/C17H16N2O2/c1-2-16-18-19-17(21-16)14-9-6-10-15(11-14)20-12-13-7-4-3-5-8-13/h3-11H,2,12H2,1H3. The van der Waals surface area contributed by atoms with Crippen molar-refractivity contribution in [1.82, 2.24) is 10.2 Å². The van der Waals surface area contributed by atoms with Crippen molar-refractivity contribution in [2.45, 2.75) is 20.0 Å². The van der Waals surface area contributed by atoms with E-state index in [0.717, 1.165) is 23.3 Å². The van der Waals surface area contributed by atoms with Gasteiger partial charge in [-0.15, -0.1) is 10.2 Å². The number of rotatable bonds is 5. The summed E-state index contributed by atoms with van der Waals surface area (Å²) in [7, 11) is 0. The second kappa shape index (κ2) is 6.22. The van der Waals surface area contributed by atoms with Gasteiger partial charge < -0.3 is 9.15 Å². The first-order chi connectivity index (χ1) is 10.3. The zero-order valence-electron chi connectivity index (χ0n) is 11.8. The molecule has 0 amide bonds. The molecule has 0 fully saturated rings. The summed E-state index contributed by atoms with van der Waals surface area (Å²) in [5.74, 6) is 1.95.